The van der Waals surface area contributed by atoms with Gasteiger partial charge in [0.25, 0.3) is 0 Å². The van der Waals surface area contributed by atoms with Crippen molar-refractivity contribution >= 4 is 0 Å². The first-order valence-corrected chi connectivity index (χ1v) is 9.08. The third kappa shape index (κ3) is 7.49. The fourth-order valence-corrected chi connectivity index (χ4v) is 2.00. The molecule has 132 valence electrons. The summed E-state index contributed by atoms with van der Waals surface area (Å²) in [6.45, 7) is 16.4. The summed E-state index contributed by atoms with van der Waals surface area (Å²) in [5.41, 5.74) is 2.50. The third-order valence-electron chi connectivity index (χ3n) is 3.44. The van der Waals surface area contributed by atoms with Crippen LogP contribution in [0.5, 0.6) is 0 Å². The minimum Gasteiger partial charge on any atom is -0.270 e. The van der Waals surface area contributed by atoms with E-state index in [4.69, 9.17) is 0 Å². The lowest BCUT2D eigenvalue weighted by Crippen LogP contribution is -2.16. The number of aryl methyl sites for hydroxylation is 2. The second kappa shape index (κ2) is 11.9. The van der Waals surface area contributed by atoms with Gasteiger partial charge >= 0.3 is 0 Å². The minimum absolute atomic E-state index is 0.485. The van der Waals surface area contributed by atoms with E-state index in [0.29, 0.717) is 12.1 Å². The topological polar surface area (TPSA) is 35.6 Å². The predicted octanol–water partition coefficient (Wildman–Crippen LogP) is 5.74. The molecule has 0 spiro atoms. The van der Waals surface area contributed by atoms with Crippen LogP contribution in [0.25, 0.3) is 0 Å². The van der Waals surface area contributed by atoms with Crippen molar-refractivity contribution in [2.75, 3.05) is 0 Å². The Morgan fingerprint density at radius 3 is 1.70 bits per heavy atom. The van der Waals surface area contributed by atoms with Crippen LogP contribution in [0.3, 0.4) is 0 Å². The van der Waals surface area contributed by atoms with Gasteiger partial charge in [-0.2, -0.15) is 10.2 Å². The summed E-state index contributed by atoms with van der Waals surface area (Å²) in [6, 6.07) is 1.20. The molecule has 23 heavy (non-hydrogen) atoms. The summed E-state index contributed by atoms with van der Waals surface area (Å²) in [4.78, 5) is 0. The monoisotopic (exact) mass is 320 g/mol. The van der Waals surface area contributed by atoms with Gasteiger partial charge in [0, 0.05) is 18.4 Å². The zero-order valence-corrected chi connectivity index (χ0v) is 16.4. The van der Waals surface area contributed by atoms with Crippen LogP contribution < -0.4 is 0 Å². The molecule has 0 amide bonds. The van der Waals surface area contributed by atoms with Crippen molar-refractivity contribution in [3.8, 4) is 0 Å². The molecule has 1 aliphatic rings. The van der Waals surface area contributed by atoms with Gasteiger partial charge in [0.1, 0.15) is 0 Å². The standard InChI is InChI=1S/C8H12N2.C7H12N2.2C2H6/c1-7-5-9-10(6-7)8-3-2-4-8;1-6(2)9-5-7(3)4-8-9;2*1-2/h5-6,8H,2-4H2,1H3;4-6H,1-3H3;2*1-2H3. The zero-order chi connectivity index (χ0) is 17.8. The Labute approximate surface area is 142 Å². The average molecular weight is 321 g/mol. The van der Waals surface area contributed by atoms with E-state index in [2.05, 4.69) is 41.8 Å². The highest BCUT2D eigenvalue weighted by Gasteiger charge is 2.19. The quantitative estimate of drug-likeness (QED) is 0.707. The molecule has 0 saturated heterocycles. The van der Waals surface area contributed by atoms with Gasteiger partial charge in [-0.05, 0) is 58.1 Å². The molecule has 0 radical (unpaired) electrons. The normalized spacial score (nSPS) is 12.9. The first kappa shape index (κ1) is 21.4. The van der Waals surface area contributed by atoms with Crippen molar-refractivity contribution in [1.29, 1.82) is 0 Å². The molecule has 2 aromatic heterocycles. The van der Waals surface area contributed by atoms with E-state index in [0.717, 1.165) is 0 Å². The van der Waals surface area contributed by atoms with Gasteiger partial charge < -0.3 is 0 Å². The molecule has 1 fully saturated rings. The van der Waals surface area contributed by atoms with E-state index in [-0.39, 0.29) is 0 Å². The molecule has 4 nitrogen and oxygen atoms in total. The van der Waals surface area contributed by atoms with Crippen molar-refractivity contribution in [1.82, 2.24) is 19.6 Å². The Hall–Kier alpha value is -1.58. The molecule has 2 heterocycles. The molecular formula is C19H36N4. The second-order valence-electron chi connectivity index (χ2n) is 5.67. The maximum absolute atomic E-state index is 4.25. The molecular weight excluding hydrogens is 284 g/mol. The van der Waals surface area contributed by atoms with E-state index in [9.17, 15) is 0 Å². The van der Waals surface area contributed by atoms with Gasteiger partial charge in [-0.3, -0.25) is 9.36 Å². The molecule has 0 unspecified atom stereocenters. The van der Waals surface area contributed by atoms with Crippen LogP contribution >= 0.6 is 0 Å². The van der Waals surface area contributed by atoms with Crippen molar-refractivity contribution in [3.05, 3.63) is 35.9 Å². The lowest BCUT2D eigenvalue weighted by Gasteiger charge is -2.25. The van der Waals surface area contributed by atoms with E-state index < -0.39 is 0 Å². The molecule has 2 aromatic rings. The fraction of sp³-hybridized carbons (Fsp3) is 0.684. The van der Waals surface area contributed by atoms with Crippen LogP contribution in [0.2, 0.25) is 0 Å². The van der Waals surface area contributed by atoms with Gasteiger partial charge in [-0.15, -0.1) is 0 Å². The van der Waals surface area contributed by atoms with Crippen LogP contribution in [-0.2, 0) is 0 Å². The lowest BCUT2D eigenvalue weighted by atomic mass is 9.93. The molecule has 1 saturated carbocycles. The number of nitrogens with zero attached hydrogens (tertiary/aromatic N) is 4. The molecule has 0 aliphatic heterocycles. The van der Waals surface area contributed by atoms with Gasteiger partial charge in [0.05, 0.1) is 18.4 Å². The summed E-state index contributed by atoms with van der Waals surface area (Å²) < 4.78 is 4.05. The minimum atomic E-state index is 0.485. The average Bonchev–Trinajstić information content (AvgIpc) is 3.11. The van der Waals surface area contributed by atoms with Crippen LogP contribution in [0.1, 0.15) is 84.0 Å². The molecule has 1 aliphatic carbocycles. The molecule has 0 aromatic carbocycles. The summed E-state index contributed by atoms with van der Waals surface area (Å²) in [7, 11) is 0. The van der Waals surface area contributed by atoms with Gasteiger partial charge in [-0.1, -0.05) is 27.7 Å². The van der Waals surface area contributed by atoms with Gasteiger partial charge in [-0.25, -0.2) is 0 Å². The Balaban J connectivity index is 0.000000349. The maximum Gasteiger partial charge on any atom is 0.0519 e. The van der Waals surface area contributed by atoms with Crippen molar-refractivity contribution in [3.63, 3.8) is 0 Å². The molecule has 0 atom stereocenters. The van der Waals surface area contributed by atoms with Crippen molar-refractivity contribution in [2.45, 2.75) is 86.7 Å². The Bertz CT molecular complexity index is 507. The fourth-order valence-electron chi connectivity index (χ4n) is 2.00. The number of hydrogen-bond acceptors (Lipinski definition) is 2. The number of aromatic nitrogens is 4. The molecule has 3 rings (SSSR count). The smallest absolute Gasteiger partial charge is 0.0519 e. The van der Waals surface area contributed by atoms with E-state index in [1.54, 1.807) is 0 Å². The summed E-state index contributed by atoms with van der Waals surface area (Å²) in [5, 5.41) is 8.39. The van der Waals surface area contributed by atoms with Crippen LogP contribution in [0.4, 0.5) is 0 Å². The molecule has 0 bridgehead atoms. The summed E-state index contributed by atoms with van der Waals surface area (Å²) in [6.07, 6.45) is 12.0. The van der Waals surface area contributed by atoms with Crippen LogP contribution in [0, 0.1) is 13.8 Å². The number of rotatable bonds is 2. The first-order chi connectivity index (χ1) is 11.1. The second-order valence-corrected chi connectivity index (χ2v) is 5.67. The first-order valence-electron chi connectivity index (χ1n) is 9.08. The van der Waals surface area contributed by atoms with Crippen molar-refractivity contribution in [2.24, 2.45) is 0 Å². The third-order valence-corrected chi connectivity index (χ3v) is 3.44. The van der Waals surface area contributed by atoms with Crippen molar-refractivity contribution < 1.29 is 0 Å². The highest BCUT2D eigenvalue weighted by molar-refractivity contribution is 5.01. The summed E-state index contributed by atoms with van der Waals surface area (Å²) in [5.74, 6) is 0. The SMILES string of the molecule is CC.CC.Cc1cnn(C(C)C)c1.Cc1cnn(C2CCC2)c1. The zero-order valence-electron chi connectivity index (χ0n) is 16.4. The summed E-state index contributed by atoms with van der Waals surface area (Å²) >= 11 is 0. The highest BCUT2D eigenvalue weighted by Crippen LogP contribution is 2.30. The predicted molar refractivity (Wildman–Crippen MR) is 99.9 cm³/mol. The van der Waals surface area contributed by atoms with Crippen LogP contribution in [-0.4, -0.2) is 19.6 Å². The van der Waals surface area contributed by atoms with Gasteiger partial charge in [0.2, 0.25) is 0 Å². The molecule has 0 N–H and O–H groups in total. The largest absolute Gasteiger partial charge is 0.270 e. The van der Waals surface area contributed by atoms with Crippen LogP contribution in [0.15, 0.2) is 24.8 Å². The Morgan fingerprint density at radius 2 is 1.43 bits per heavy atom. The van der Waals surface area contributed by atoms with E-state index in [1.165, 1.54) is 30.4 Å². The Morgan fingerprint density at radius 1 is 0.913 bits per heavy atom. The molecule has 4 heteroatoms. The van der Waals surface area contributed by atoms with Gasteiger partial charge in [0.15, 0.2) is 0 Å². The highest BCUT2D eigenvalue weighted by atomic mass is 15.3. The lowest BCUT2D eigenvalue weighted by molar-refractivity contribution is 0.289. The number of hydrogen-bond donors (Lipinski definition) is 0. The van der Waals surface area contributed by atoms with E-state index >= 15 is 0 Å². The van der Waals surface area contributed by atoms with E-state index in [1.807, 2.05) is 57.9 Å². The maximum atomic E-state index is 4.25. The Kier molecular flexibility index (Phi) is 11.1.